The summed E-state index contributed by atoms with van der Waals surface area (Å²) in [4.78, 5) is 9.82. The molecular weight excluding hydrogens is 127 g/mol. The summed E-state index contributed by atoms with van der Waals surface area (Å²) in [5, 5.41) is 9.82. The van der Waals surface area contributed by atoms with Crippen molar-refractivity contribution in [2.75, 3.05) is 0 Å². The molecule has 0 bridgehead atoms. The fourth-order valence-electron chi connectivity index (χ4n) is 0.330. The van der Waals surface area contributed by atoms with Crippen molar-refractivity contribution in [3.8, 4) is 0 Å². The van der Waals surface area contributed by atoms with Crippen molar-refractivity contribution in [1.82, 2.24) is 0 Å². The first kappa shape index (κ1) is 11.9. The van der Waals surface area contributed by atoms with Gasteiger partial charge in [-0.2, -0.15) is 0 Å². The van der Waals surface area contributed by atoms with E-state index in [0.29, 0.717) is 0 Å². The summed E-state index contributed by atoms with van der Waals surface area (Å²) in [6.45, 7) is 3.56. The van der Waals surface area contributed by atoms with E-state index in [0.717, 1.165) is 5.57 Å². The Labute approximate surface area is 77.2 Å². The molecule has 0 radical (unpaired) electrons. The average molecular weight is 136 g/mol. The van der Waals surface area contributed by atoms with Gasteiger partial charge < -0.3 is 9.90 Å². The minimum Gasteiger partial charge on any atom is -0.550 e. The fourth-order valence-corrected chi connectivity index (χ4v) is 0.330. The van der Waals surface area contributed by atoms with Gasteiger partial charge in [0.2, 0.25) is 0 Å². The summed E-state index contributed by atoms with van der Waals surface area (Å²) in [7, 11) is 0. The van der Waals surface area contributed by atoms with Gasteiger partial charge in [-0.05, 0) is 13.8 Å². The maximum absolute atomic E-state index is 9.82. The Balaban J connectivity index is 0. The molecule has 0 aliphatic heterocycles. The van der Waals surface area contributed by atoms with Gasteiger partial charge >= 0.3 is 29.6 Å². The Morgan fingerprint density at radius 1 is 1.67 bits per heavy atom. The number of aliphatic carboxylic acids is 1. The van der Waals surface area contributed by atoms with E-state index in [1.165, 1.54) is 0 Å². The first-order chi connectivity index (χ1) is 3.66. The molecular formula is C6H9NaO2. The van der Waals surface area contributed by atoms with Crippen molar-refractivity contribution in [1.29, 1.82) is 0 Å². The summed E-state index contributed by atoms with van der Waals surface area (Å²) in [6.07, 6.45) is 1.81. The maximum Gasteiger partial charge on any atom is 1.00 e. The Kier molecular flexibility index (Phi) is 8.40. The third kappa shape index (κ3) is 8.21. The van der Waals surface area contributed by atoms with Crippen LogP contribution in [0.25, 0.3) is 0 Å². The van der Waals surface area contributed by atoms with Crippen molar-refractivity contribution in [2.24, 2.45) is 0 Å². The van der Waals surface area contributed by atoms with Gasteiger partial charge in [0, 0.05) is 12.4 Å². The standard InChI is InChI=1S/C6H10O2.Na/c1-3-5(2)4-6(7)8;/h3H,4H2,1-2H3,(H,7,8);/q;+1/p-1/b5-3+;. The molecule has 46 valence electrons. The van der Waals surface area contributed by atoms with Crippen LogP contribution >= 0.6 is 0 Å². The molecule has 0 aliphatic rings. The van der Waals surface area contributed by atoms with Crippen molar-refractivity contribution in [2.45, 2.75) is 20.3 Å². The van der Waals surface area contributed by atoms with Crippen LogP contribution in [0.2, 0.25) is 0 Å². The van der Waals surface area contributed by atoms with Crippen LogP contribution in [0, 0.1) is 0 Å². The fraction of sp³-hybridized carbons (Fsp3) is 0.500. The van der Waals surface area contributed by atoms with E-state index in [1.807, 2.05) is 0 Å². The smallest absolute Gasteiger partial charge is 0.550 e. The molecule has 9 heavy (non-hydrogen) atoms. The maximum atomic E-state index is 9.82. The summed E-state index contributed by atoms with van der Waals surface area (Å²) in [5.41, 5.74) is 0.838. The second-order valence-electron chi connectivity index (χ2n) is 1.68. The van der Waals surface area contributed by atoms with Crippen molar-refractivity contribution in [3.63, 3.8) is 0 Å². The van der Waals surface area contributed by atoms with Gasteiger partial charge in [0.1, 0.15) is 0 Å². The number of allylic oxidation sites excluding steroid dienone is 1. The monoisotopic (exact) mass is 136 g/mol. The predicted octanol–water partition coefficient (Wildman–Crippen LogP) is -2.90. The SMILES string of the molecule is C/C=C(\C)CC(=O)[O-].[Na+]. The molecule has 0 N–H and O–H groups in total. The molecule has 3 heteroatoms. The molecule has 2 nitrogen and oxygen atoms in total. The zero-order chi connectivity index (χ0) is 6.57. The molecule has 0 spiro atoms. The van der Waals surface area contributed by atoms with Crippen LogP contribution in [0.1, 0.15) is 20.3 Å². The molecule has 0 aromatic rings. The Bertz CT molecular complexity index is 118. The van der Waals surface area contributed by atoms with Gasteiger partial charge in [0.05, 0.1) is 0 Å². The largest absolute Gasteiger partial charge is 1.00 e. The van der Waals surface area contributed by atoms with Crippen LogP contribution < -0.4 is 34.7 Å². The number of carbonyl (C=O) groups excluding carboxylic acids is 1. The molecule has 0 amide bonds. The minimum absolute atomic E-state index is 0. The molecule has 0 rings (SSSR count). The minimum atomic E-state index is -1.01. The molecule has 0 aliphatic carbocycles. The van der Waals surface area contributed by atoms with Gasteiger partial charge in [-0.15, -0.1) is 0 Å². The average Bonchev–Trinajstić information content (AvgIpc) is 1.65. The Hall–Kier alpha value is 0.210. The number of hydrogen-bond donors (Lipinski definition) is 0. The summed E-state index contributed by atoms with van der Waals surface area (Å²) in [5.74, 6) is -1.01. The van der Waals surface area contributed by atoms with Gasteiger partial charge in [-0.1, -0.05) is 11.6 Å². The van der Waals surface area contributed by atoms with Gasteiger partial charge in [-0.25, -0.2) is 0 Å². The van der Waals surface area contributed by atoms with Gasteiger partial charge in [-0.3, -0.25) is 0 Å². The first-order valence-electron chi connectivity index (χ1n) is 2.48. The summed E-state index contributed by atoms with van der Waals surface area (Å²) >= 11 is 0. The number of carboxylic acid groups (broad SMARTS) is 1. The van der Waals surface area contributed by atoms with Gasteiger partial charge in [0.25, 0.3) is 0 Å². The van der Waals surface area contributed by atoms with Crippen molar-refractivity contribution in [3.05, 3.63) is 11.6 Å². The zero-order valence-electron chi connectivity index (χ0n) is 6.10. The zero-order valence-corrected chi connectivity index (χ0v) is 8.10. The molecule has 0 aromatic carbocycles. The number of hydrogen-bond acceptors (Lipinski definition) is 2. The summed E-state index contributed by atoms with van der Waals surface area (Å²) < 4.78 is 0. The summed E-state index contributed by atoms with van der Waals surface area (Å²) in [6, 6.07) is 0. The van der Waals surface area contributed by atoms with Crippen LogP contribution in [0.4, 0.5) is 0 Å². The van der Waals surface area contributed by atoms with E-state index in [1.54, 1.807) is 19.9 Å². The van der Waals surface area contributed by atoms with E-state index in [9.17, 15) is 9.90 Å². The Morgan fingerprint density at radius 3 is 2.22 bits per heavy atom. The topological polar surface area (TPSA) is 40.1 Å². The molecule has 0 unspecified atom stereocenters. The number of rotatable bonds is 2. The van der Waals surface area contributed by atoms with Crippen LogP contribution in [-0.4, -0.2) is 5.97 Å². The van der Waals surface area contributed by atoms with E-state index in [4.69, 9.17) is 0 Å². The first-order valence-corrected chi connectivity index (χ1v) is 2.48. The molecule has 0 atom stereocenters. The van der Waals surface area contributed by atoms with E-state index >= 15 is 0 Å². The quantitative estimate of drug-likeness (QED) is 0.302. The van der Waals surface area contributed by atoms with E-state index in [-0.39, 0.29) is 36.0 Å². The van der Waals surface area contributed by atoms with Crippen LogP contribution in [-0.2, 0) is 4.79 Å². The van der Waals surface area contributed by atoms with Crippen LogP contribution in [0.15, 0.2) is 11.6 Å². The molecule has 0 fully saturated rings. The Morgan fingerprint density at radius 2 is 2.11 bits per heavy atom. The van der Waals surface area contributed by atoms with E-state index < -0.39 is 5.97 Å². The van der Waals surface area contributed by atoms with Crippen molar-refractivity contribution < 1.29 is 39.5 Å². The van der Waals surface area contributed by atoms with Crippen molar-refractivity contribution >= 4 is 5.97 Å². The van der Waals surface area contributed by atoms with Crippen LogP contribution in [0.5, 0.6) is 0 Å². The normalized spacial score (nSPS) is 10.2. The number of carbonyl (C=O) groups is 1. The molecule has 0 saturated heterocycles. The number of carboxylic acids is 1. The van der Waals surface area contributed by atoms with E-state index in [2.05, 4.69) is 0 Å². The molecule has 0 heterocycles. The molecule has 0 aromatic heterocycles. The second-order valence-corrected chi connectivity index (χ2v) is 1.68. The van der Waals surface area contributed by atoms with Crippen LogP contribution in [0.3, 0.4) is 0 Å². The second kappa shape index (κ2) is 6.33. The molecule has 0 saturated carbocycles. The van der Waals surface area contributed by atoms with Gasteiger partial charge in [0.15, 0.2) is 0 Å². The predicted molar refractivity (Wildman–Crippen MR) is 29.1 cm³/mol. The third-order valence-electron chi connectivity index (χ3n) is 0.916. The third-order valence-corrected chi connectivity index (χ3v) is 0.916.